The first kappa shape index (κ1) is 20.7. The summed E-state index contributed by atoms with van der Waals surface area (Å²) in [5.41, 5.74) is 2.29. The largest absolute Gasteiger partial charge is 0.352 e. The maximum atomic E-state index is 12.9. The van der Waals surface area contributed by atoms with Gasteiger partial charge in [-0.1, -0.05) is 65.7 Å². The third kappa shape index (κ3) is 4.01. The molecule has 0 unspecified atom stereocenters. The van der Waals surface area contributed by atoms with Crippen molar-refractivity contribution in [1.29, 1.82) is 0 Å². The van der Waals surface area contributed by atoms with E-state index >= 15 is 0 Å². The Morgan fingerprint density at radius 1 is 0.812 bits per heavy atom. The molecule has 5 rings (SSSR count). The first-order valence-electron chi connectivity index (χ1n) is 10.4. The van der Waals surface area contributed by atoms with Gasteiger partial charge in [0.25, 0.3) is 5.91 Å². The Hall–Kier alpha value is -3.15. The zero-order valence-corrected chi connectivity index (χ0v) is 18.7. The maximum absolute atomic E-state index is 12.9. The highest BCUT2D eigenvalue weighted by atomic mass is 35.5. The van der Waals surface area contributed by atoms with Gasteiger partial charge in [-0.25, -0.2) is 9.97 Å². The molecule has 0 bridgehead atoms. The third-order valence-electron chi connectivity index (χ3n) is 5.64. The molecule has 1 saturated heterocycles. The lowest BCUT2D eigenvalue weighted by molar-refractivity contribution is 0.0747. The highest BCUT2D eigenvalue weighted by Gasteiger charge is 2.25. The summed E-state index contributed by atoms with van der Waals surface area (Å²) in [6, 6.07) is 22.8. The predicted molar refractivity (Wildman–Crippen MR) is 130 cm³/mol. The number of fused-ring (bicyclic) bond motifs is 1. The van der Waals surface area contributed by atoms with Crippen molar-refractivity contribution in [3.05, 3.63) is 88.4 Å². The predicted octanol–water partition coefficient (Wildman–Crippen LogP) is 5.57. The van der Waals surface area contributed by atoms with E-state index in [4.69, 9.17) is 33.2 Å². The number of hydrogen-bond donors (Lipinski definition) is 0. The van der Waals surface area contributed by atoms with Gasteiger partial charge in [-0.3, -0.25) is 4.79 Å². The number of aromatic nitrogens is 2. The van der Waals surface area contributed by atoms with Gasteiger partial charge < -0.3 is 9.80 Å². The number of anilines is 1. The van der Waals surface area contributed by atoms with Crippen LogP contribution in [0.1, 0.15) is 10.4 Å². The topological polar surface area (TPSA) is 49.3 Å². The maximum Gasteiger partial charge on any atom is 0.255 e. The highest BCUT2D eigenvalue weighted by molar-refractivity contribution is 6.33. The molecular weight excluding hydrogens is 443 g/mol. The van der Waals surface area contributed by atoms with E-state index in [9.17, 15) is 4.79 Å². The van der Waals surface area contributed by atoms with Gasteiger partial charge in [-0.05, 0) is 30.3 Å². The molecule has 2 heterocycles. The Labute approximate surface area is 196 Å². The first-order chi connectivity index (χ1) is 15.6. The van der Waals surface area contributed by atoms with Crippen molar-refractivity contribution >= 4 is 45.8 Å². The minimum absolute atomic E-state index is 0.0421. The number of hydrogen-bond acceptors (Lipinski definition) is 4. The van der Waals surface area contributed by atoms with Gasteiger partial charge in [0.05, 0.1) is 16.1 Å². The molecule has 1 aliphatic heterocycles. The van der Waals surface area contributed by atoms with Gasteiger partial charge in [0, 0.05) is 42.2 Å². The van der Waals surface area contributed by atoms with Crippen LogP contribution in [0.3, 0.4) is 0 Å². The number of rotatable bonds is 3. The van der Waals surface area contributed by atoms with Crippen LogP contribution in [-0.2, 0) is 0 Å². The Morgan fingerprint density at radius 3 is 2.28 bits per heavy atom. The van der Waals surface area contributed by atoms with Crippen LogP contribution in [0.2, 0.25) is 10.0 Å². The van der Waals surface area contributed by atoms with Crippen LogP contribution < -0.4 is 4.90 Å². The SMILES string of the molecule is O=C(c1ccccc1Cl)N1CCN(c2nc(-c3ccccc3)nc3cc(Cl)ccc23)CC1. The van der Waals surface area contributed by atoms with Crippen LogP contribution in [0.15, 0.2) is 72.8 Å². The fraction of sp³-hybridized carbons (Fsp3) is 0.160. The number of halogens is 2. The van der Waals surface area contributed by atoms with Crippen molar-refractivity contribution in [2.24, 2.45) is 0 Å². The summed E-state index contributed by atoms with van der Waals surface area (Å²) in [5.74, 6) is 1.47. The first-order valence-corrected chi connectivity index (χ1v) is 11.2. The molecule has 32 heavy (non-hydrogen) atoms. The molecule has 1 fully saturated rings. The standard InChI is InChI=1S/C25H20Cl2N4O/c26-18-10-11-20-22(16-18)28-23(17-6-2-1-3-7-17)29-24(20)30-12-14-31(15-13-30)25(32)19-8-4-5-9-21(19)27/h1-11,16H,12-15H2. The molecule has 0 saturated carbocycles. The zero-order valence-electron chi connectivity index (χ0n) is 17.2. The average molecular weight is 463 g/mol. The van der Waals surface area contributed by atoms with E-state index in [0.29, 0.717) is 47.6 Å². The van der Waals surface area contributed by atoms with E-state index in [1.54, 1.807) is 12.1 Å². The van der Waals surface area contributed by atoms with E-state index in [0.717, 1.165) is 22.3 Å². The second-order valence-electron chi connectivity index (χ2n) is 7.66. The number of nitrogens with zero attached hydrogens (tertiary/aromatic N) is 4. The molecular formula is C25H20Cl2N4O. The molecule has 160 valence electrons. The van der Waals surface area contributed by atoms with Crippen LogP contribution >= 0.6 is 23.2 Å². The number of piperazine rings is 1. The summed E-state index contributed by atoms with van der Waals surface area (Å²) in [4.78, 5) is 26.7. The van der Waals surface area contributed by atoms with Gasteiger partial charge in [-0.2, -0.15) is 0 Å². The van der Waals surface area contributed by atoms with Crippen LogP contribution in [0.4, 0.5) is 5.82 Å². The molecule has 1 aliphatic rings. The van der Waals surface area contributed by atoms with Crippen molar-refractivity contribution in [2.75, 3.05) is 31.1 Å². The Morgan fingerprint density at radius 2 is 1.53 bits per heavy atom. The Bertz CT molecular complexity index is 1290. The number of benzene rings is 3. The van der Waals surface area contributed by atoms with Crippen molar-refractivity contribution in [3.63, 3.8) is 0 Å². The van der Waals surface area contributed by atoms with Gasteiger partial charge in [0.1, 0.15) is 5.82 Å². The van der Waals surface area contributed by atoms with E-state index < -0.39 is 0 Å². The minimum atomic E-state index is -0.0421. The lowest BCUT2D eigenvalue weighted by Crippen LogP contribution is -2.49. The van der Waals surface area contributed by atoms with E-state index in [1.165, 1.54) is 0 Å². The summed E-state index contributed by atoms with van der Waals surface area (Å²) >= 11 is 12.5. The Kier molecular flexibility index (Phi) is 5.68. The molecule has 0 N–H and O–H groups in total. The number of carbonyl (C=O) groups excluding carboxylic acids is 1. The molecule has 0 radical (unpaired) electrons. The molecule has 1 aromatic heterocycles. The van der Waals surface area contributed by atoms with Gasteiger partial charge in [0.15, 0.2) is 5.82 Å². The van der Waals surface area contributed by atoms with Crippen LogP contribution in [0.5, 0.6) is 0 Å². The fourth-order valence-corrected chi connectivity index (χ4v) is 4.35. The molecule has 5 nitrogen and oxygen atoms in total. The van der Waals surface area contributed by atoms with Crippen molar-refractivity contribution in [3.8, 4) is 11.4 Å². The average Bonchev–Trinajstić information content (AvgIpc) is 2.83. The van der Waals surface area contributed by atoms with E-state index in [-0.39, 0.29) is 5.91 Å². The van der Waals surface area contributed by atoms with Crippen molar-refractivity contribution < 1.29 is 4.79 Å². The molecule has 4 aromatic rings. The summed E-state index contributed by atoms with van der Waals surface area (Å²) in [6.45, 7) is 2.51. The summed E-state index contributed by atoms with van der Waals surface area (Å²) in [5, 5.41) is 2.06. The Balaban J connectivity index is 1.45. The van der Waals surface area contributed by atoms with Crippen LogP contribution in [0, 0.1) is 0 Å². The lowest BCUT2D eigenvalue weighted by atomic mass is 10.1. The molecule has 0 spiro atoms. The molecule has 0 atom stereocenters. The summed E-state index contributed by atoms with van der Waals surface area (Å²) in [6.07, 6.45) is 0. The van der Waals surface area contributed by atoms with E-state index in [2.05, 4.69) is 4.90 Å². The molecule has 7 heteroatoms. The van der Waals surface area contributed by atoms with Gasteiger partial charge >= 0.3 is 0 Å². The number of amides is 1. The normalized spacial score (nSPS) is 14.1. The van der Waals surface area contributed by atoms with Crippen molar-refractivity contribution in [1.82, 2.24) is 14.9 Å². The lowest BCUT2D eigenvalue weighted by Gasteiger charge is -2.36. The van der Waals surface area contributed by atoms with Crippen molar-refractivity contribution in [2.45, 2.75) is 0 Å². The second kappa shape index (κ2) is 8.77. The quantitative estimate of drug-likeness (QED) is 0.399. The zero-order chi connectivity index (χ0) is 22.1. The van der Waals surface area contributed by atoms with Crippen LogP contribution in [0.25, 0.3) is 22.3 Å². The number of carbonyl (C=O) groups is 1. The molecule has 0 aliphatic carbocycles. The molecule has 1 amide bonds. The third-order valence-corrected chi connectivity index (χ3v) is 6.21. The second-order valence-corrected chi connectivity index (χ2v) is 8.50. The van der Waals surface area contributed by atoms with Gasteiger partial charge in [0.2, 0.25) is 0 Å². The minimum Gasteiger partial charge on any atom is -0.352 e. The monoisotopic (exact) mass is 462 g/mol. The van der Waals surface area contributed by atoms with Crippen LogP contribution in [-0.4, -0.2) is 47.0 Å². The highest BCUT2D eigenvalue weighted by Crippen LogP contribution is 2.30. The smallest absolute Gasteiger partial charge is 0.255 e. The summed E-state index contributed by atoms with van der Waals surface area (Å²) in [7, 11) is 0. The fourth-order valence-electron chi connectivity index (χ4n) is 3.97. The van der Waals surface area contributed by atoms with E-state index in [1.807, 2.05) is 65.6 Å². The molecule has 3 aromatic carbocycles. The summed E-state index contributed by atoms with van der Waals surface area (Å²) < 4.78 is 0. The van der Waals surface area contributed by atoms with Gasteiger partial charge in [-0.15, -0.1) is 0 Å².